The second-order valence-corrected chi connectivity index (χ2v) is 7.63. The number of methoxy groups -OCH3 is 1. The Hall–Kier alpha value is -3.66. The highest BCUT2D eigenvalue weighted by Gasteiger charge is 2.20. The molecule has 0 spiro atoms. The van der Waals surface area contributed by atoms with Crippen LogP contribution in [0.4, 0.5) is 16.0 Å². The average molecular weight is 435 g/mol. The van der Waals surface area contributed by atoms with Gasteiger partial charge in [0.15, 0.2) is 0 Å². The number of aromatic nitrogens is 2. The van der Waals surface area contributed by atoms with Crippen LogP contribution in [0.1, 0.15) is 26.2 Å². The molecule has 166 valence electrons. The summed E-state index contributed by atoms with van der Waals surface area (Å²) in [6, 6.07) is 11.4. The molecule has 0 aliphatic rings. The largest absolute Gasteiger partial charge is 0.497 e. The van der Waals surface area contributed by atoms with Gasteiger partial charge in [-0.05, 0) is 30.2 Å². The first-order valence-corrected chi connectivity index (χ1v) is 10.5. The highest BCUT2D eigenvalue weighted by molar-refractivity contribution is 5.82. The normalized spacial score (nSPS) is 10.6. The van der Waals surface area contributed by atoms with Crippen LogP contribution in [0.15, 0.2) is 47.3 Å². The number of halogens is 1. The number of anilines is 1. The Morgan fingerprint density at radius 1 is 1.16 bits per heavy atom. The summed E-state index contributed by atoms with van der Waals surface area (Å²) in [5, 5.41) is 0. The number of ether oxygens (including phenoxy) is 1. The lowest BCUT2D eigenvalue weighted by Gasteiger charge is -2.23. The van der Waals surface area contributed by atoms with Crippen LogP contribution in [0.25, 0.3) is 27.2 Å². The number of hydrogen-bond donors (Lipinski definition) is 0. The van der Waals surface area contributed by atoms with Crippen molar-refractivity contribution in [3.63, 3.8) is 0 Å². The number of unbranched alkanes of at least 4 members (excludes halogenated alkanes) is 2. The van der Waals surface area contributed by atoms with Crippen LogP contribution < -0.4 is 15.2 Å². The lowest BCUT2D eigenvalue weighted by atomic mass is 10.00. The zero-order valence-electron chi connectivity index (χ0n) is 18.9. The number of benzene rings is 2. The Labute approximate surface area is 187 Å². The average Bonchev–Trinajstić information content (AvgIpc) is 2.80. The van der Waals surface area contributed by atoms with E-state index in [0.717, 1.165) is 25.8 Å². The zero-order chi connectivity index (χ0) is 23.3. The predicted molar refractivity (Wildman–Crippen MR) is 126 cm³/mol. The molecule has 0 atom stereocenters. The molecule has 0 radical (unpaired) electrons. The topological polar surface area (TPSA) is 51.7 Å². The molecule has 2 aromatic carbocycles. The van der Waals surface area contributed by atoms with Gasteiger partial charge in [-0.15, -0.1) is 0 Å². The van der Waals surface area contributed by atoms with E-state index in [1.807, 2.05) is 11.9 Å². The van der Waals surface area contributed by atoms with Crippen molar-refractivity contribution in [3.8, 4) is 28.1 Å². The monoisotopic (exact) mass is 434 g/mol. The molecule has 0 aliphatic heterocycles. The lowest BCUT2D eigenvalue weighted by molar-refractivity contribution is 0.415. The van der Waals surface area contributed by atoms with Gasteiger partial charge in [0.25, 0.3) is 5.56 Å². The van der Waals surface area contributed by atoms with Crippen LogP contribution in [0.5, 0.6) is 5.75 Å². The molecule has 3 aromatic rings. The van der Waals surface area contributed by atoms with Gasteiger partial charge in [-0.2, -0.15) is 0 Å². The van der Waals surface area contributed by atoms with E-state index in [1.165, 1.54) is 16.7 Å². The van der Waals surface area contributed by atoms with Gasteiger partial charge in [0.05, 0.1) is 24.9 Å². The molecule has 0 saturated carbocycles. The molecular weight excluding hydrogens is 407 g/mol. The van der Waals surface area contributed by atoms with Crippen LogP contribution in [-0.4, -0.2) is 30.3 Å². The van der Waals surface area contributed by atoms with Crippen LogP contribution in [0.2, 0.25) is 0 Å². The summed E-state index contributed by atoms with van der Waals surface area (Å²) in [4.78, 5) is 23.5. The van der Waals surface area contributed by atoms with Gasteiger partial charge in [0.2, 0.25) is 11.6 Å². The van der Waals surface area contributed by atoms with E-state index in [1.54, 1.807) is 44.5 Å². The van der Waals surface area contributed by atoms with Crippen molar-refractivity contribution in [1.82, 2.24) is 9.55 Å². The molecule has 0 amide bonds. The molecule has 32 heavy (non-hydrogen) atoms. The molecular formula is C25H27FN4O2. The molecule has 6 nitrogen and oxygen atoms in total. The molecule has 0 bridgehead atoms. The summed E-state index contributed by atoms with van der Waals surface area (Å²) < 4.78 is 21.2. The maximum absolute atomic E-state index is 14.5. The van der Waals surface area contributed by atoms with Crippen molar-refractivity contribution >= 4 is 11.6 Å². The Balaban J connectivity index is 2.23. The number of nitrogens with zero attached hydrogens (tertiary/aromatic N) is 4. The Kier molecular flexibility index (Phi) is 7.26. The first kappa shape index (κ1) is 23.0. The van der Waals surface area contributed by atoms with Crippen molar-refractivity contribution in [3.05, 3.63) is 70.1 Å². The summed E-state index contributed by atoms with van der Waals surface area (Å²) in [7, 11) is 5.17. The molecule has 0 fully saturated rings. The quantitative estimate of drug-likeness (QED) is 0.350. The Bertz CT molecular complexity index is 1200. The molecule has 1 heterocycles. The summed E-state index contributed by atoms with van der Waals surface area (Å²) in [6.45, 7) is 9.99. The second-order valence-electron chi connectivity index (χ2n) is 7.63. The second kappa shape index (κ2) is 10.1. The van der Waals surface area contributed by atoms with Gasteiger partial charge in [-0.1, -0.05) is 44.0 Å². The number of rotatable bonds is 8. The van der Waals surface area contributed by atoms with Crippen LogP contribution in [-0.2, 0) is 7.05 Å². The third kappa shape index (κ3) is 4.65. The van der Waals surface area contributed by atoms with Crippen molar-refractivity contribution in [1.29, 1.82) is 0 Å². The van der Waals surface area contributed by atoms with E-state index in [0.29, 0.717) is 34.1 Å². The molecule has 0 N–H and O–H groups in total. The summed E-state index contributed by atoms with van der Waals surface area (Å²) in [5.41, 5.74) is 1.56. The van der Waals surface area contributed by atoms with Gasteiger partial charge in [-0.3, -0.25) is 9.36 Å². The summed E-state index contributed by atoms with van der Waals surface area (Å²) in [6.07, 6.45) is 3.15. The van der Waals surface area contributed by atoms with Crippen LogP contribution in [0, 0.1) is 12.4 Å². The van der Waals surface area contributed by atoms with E-state index in [9.17, 15) is 9.18 Å². The first-order chi connectivity index (χ1) is 15.4. The molecule has 3 rings (SSSR count). The van der Waals surface area contributed by atoms with E-state index >= 15 is 0 Å². The number of hydrogen-bond acceptors (Lipinski definition) is 4. The third-order valence-corrected chi connectivity index (χ3v) is 5.43. The minimum Gasteiger partial charge on any atom is -0.497 e. The van der Waals surface area contributed by atoms with Crippen LogP contribution in [0.3, 0.4) is 0 Å². The fourth-order valence-electron chi connectivity index (χ4n) is 3.60. The van der Waals surface area contributed by atoms with Gasteiger partial charge < -0.3 is 9.64 Å². The van der Waals surface area contributed by atoms with Crippen molar-refractivity contribution in [2.75, 3.05) is 25.6 Å². The summed E-state index contributed by atoms with van der Waals surface area (Å²) in [5.74, 6) is 0.534. The molecule has 1 aromatic heterocycles. The third-order valence-electron chi connectivity index (χ3n) is 5.43. The van der Waals surface area contributed by atoms with Crippen LogP contribution >= 0.6 is 0 Å². The van der Waals surface area contributed by atoms with E-state index in [2.05, 4.69) is 11.8 Å². The van der Waals surface area contributed by atoms with Crippen molar-refractivity contribution < 1.29 is 9.13 Å². The lowest BCUT2D eigenvalue weighted by Crippen LogP contribution is -2.31. The Morgan fingerprint density at radius 3 is 2.44 bits per heavy atom. The van der Waals surface area contributed by atoms with Gasteiger partial charge in [0.1, 0.15) is 11.6 Å². The standard InChI is InChI=1S/C25H27FN4O2/c1-6-7-8-15-29(3)25-28-23(18-11-14-21(27-2)20(26)16-18)22(24(31)30(25)4)17-9-12-19(32-5)13-10-17/h9-14,16H,6-8,15H2,1,3-5H3. The molecule has 0 saturated heterocycles. The van der Waals surface area contributed by atoms with E-state index in [-0.39, 0.29) is 11.2 Å². The Morgan fingerprint density at radius 2 is 1.84 bits per heavy atom. The minimum atomic E-state index is -0.640. The molecule has 0 aliphatic carbocycles. The fraction of sp³-hybridized carbons (Fsp3) is 0.320. The smallest absolute Gasteiger partial charge is 0.263 e. The highest BCUT2D eigenvalue weighted by atomic mass is 19.1. The zero-order valence-corrected chi connectivity index (χ0v) is 18.9. The fourth-order valence-corrected chi connectivity index (χ4v) is 3.60. The SMILES string of the molecule is [C-]#[N+]c1ccc(-c2nc(N(C)CCCCC)n(C)c(=O)c2-c2ccc(OC)cc2)cc1F. The maximum atomic E-state index is 14.5. The highest BCUT2D eigenvalue weighted by Crippen LogP contribution is 2.32. The van der Waals surface area contributed by atoms with Gasteiger partial charge >= 0.3 is 0 Å². The first-order valence-electron chi connectivity index (χ1n) is 10.5. The van der Waals surface area contributed by atoms with E-state index < -0.39 is 5.82 Å². The van der Waals surface area contributed by atoms with Crippen molar-refractivity contribution in [2.24, 2.45) is 7.05 Å². The molecule has 7 heteroatoms. The predicted octanol–water partition coefficient (Wildman–Crippen LogP) is 5.44. The summed E-state index contributed by atoms with van der Waals surface area (Å²) >= 11 is 0. The van der Waals surface area contributed by atoms with E-state index in [4.69, 9.17) is 16.3 Å². The van der Waals surface area contributed by atoms with Gasteiger partial charge in [-0.25, -0.2) is 14.2 Å². The molecule has 0 unspecified atom stereocenters. The maximum Gasteiger partial charge on any atom is 0.263 e. The van der Waals surface area contributed by atoms with Gasteiger partial charge in [0, 0.05) is 26.2 Å². The minimum absolute atomic E-state index is 0.0690. The van der Waals surface area contributed by atoms with Crippen molar-refractivity contribution in [2.45, 2.75) is 26.2 Å².